The van der Waals surface area contributed by atoms with Crippen molar-refractivity contribution in [3.63, 3.8) is 0 Å². The Morgan fingerprint density at radius 3 is 2.67 bits per heavy atom. The van der Waals surface area contributed by atoms with Crippen molar-refractivity contribution in [1.29, 1.82) is 0 Å². The number of carboxylic acids is 1. The maximum absolute atomic E-state index is 12.8. The van der Waals surface area contributed by atoms with Gasteiger partial charge in [0.05, 0.1) is 5.37 Å². The molecule has 0 radical (unpaired) electrons. The molecule has 0 spiro atoms. The van der Waals surface area contributed by atoms with Gasteiger partial charge >= 0.3 is 5.97 Å². The highest BCUT2D eigenvalue weighted by molar-refractivity contribution is 8.00. The molecule has 0 bridgehead atoms. The molecule has 2 atom stereocenters. The van der Waals surface area contributed by atoms with E-state index in [0.29, 0.717) is 22.9 Å². The number of carbonyl (C=O) groups is 2. The van der Waals surface area contributed by atoms with Gasteiger partial charge in [0, 0.05) is 17.0 Å². The van der Waals surface area contributed by atoms with E-state index in [-0.39, 0.29) is 11.3 Å². The fourth-order valence-corrected chi connectivity index (χ4v) is 4.31. The van der Waals surface area contributed by atoms with Crippen LogP contribution in [0.2, 0.25) is 0 Å². The smallest absolute Gasteiger partial charge is 0.327 e. The minimum atomic E-state index is -0.925. The van der Waals surface area contributed by atoms with Crippen LogP contribution in [0.5, 0.6) is 0 Å². The molecule has 1 saturated heterocycles. The normalized spacial score (nSPS) is 25.1. The third-order valence-corrected chi connectivity index (χ3v) is 5.56. The van der Waals surface area contributed by atoms with Gasteiger partial charge < -0.3 is 15.7 Å². The number of thioether (sulfide) groups is 1. The number of nitrogens with zero attached hydrogens (tertiary/aromatic N) is 1. The Labute approximate surface area is 127 Å². The molecule has 1 aromatic carbocycles. The van der Waals surface area contributed by atoms with Crippen LogP contribution in [0.3, 0.4) is 0 Å². The summed E-state index contributed by atoms with van der Waals surface area (Å²) in [6, 6.07) is 4.39. The largest absolute Gasteiger partial charge is 0.480 e. The average molecular weight is 306 g/mol. The van der Waals surface area contributed by atoms with Gasteiger partial charge in [-0.25, -0.2) is 4.79 Å². The van der Waals surface area contributed by atoms with Crippen molar-refractivity contribution in [3.8, 4) is 0 Å². The first kappa shape index (κ1) is 14.3. The number of hydrogen-bond acceptors (Lipinski definition) is 4. The summed E-state index contributed by atoms with van der Waals surface area (Å²) in [7, 11) is 0. The van der Waals surface area contributed by atoms with Crippen molar-refractivity contribution >= 4 is 29.3 Å². The Morgan fingerprint density at radius 1 is 1.38 bits per heavy atom. The molecule has 5 nitrogen and oxygen atoms in total. The lowest BCUT2D eigenvalue weighted by Crippen LogP contribution is -2.46. The molecule has 2 unspecified atom stereocenters. The van der Waals surface area contributed by atoms with E-state index < -0.39 is 12.0 Å². The van der Waals surface area contributed by atoms with E-state index in [0.717, 1.165) is 18.4 Å². The van der Waals surface area contributed by atoms with Crippen molar-refractivity contribution in [2.24, 2.45) is 5.92 Å². The number of aliphatic carboxylic acids is 1. The molecule has 112 valence electrons. The first-order chi connectivity index (χ1) is 9.99. The van der Waals surface area contributed by atoms with Gasteiger partial charge in [-0.3, -0.25) is 4.79 Å². The Kier molecular flexibility index (Phi) is 3.57. The topological polar surface area (TPSA) is 83.6 Å². The fourth-order valence-electron chi connectivity index (χ4n) is 2.68. The molecule has 1 aliphatic carbocycles. The van der Waals surface area contributed by atoms with E-state index >= 15 is 0 Å². The molecule has 21 heavy (non-hydrogen) atoms. The summed E-state index contributed by atoms with van der Waals surface area (Å²) in [6.45, 7) is 1.85. The molecule has 6 heteroatoms. The van der Waals surface area contributed by atoms with Crippen LogP contribution in [0.1, 0.15) is 28.8 Å². The maximum atomic E-state index is 12.8. The first-order valence-corrected chi connectivity index (χ1v) is 8.07. The second-order valence-corrected chi connectivity index (χ2v) is 6.85. The number of anilines is 1. The van der Waals surface area contributed by atoms with Crippen molar-refractivity contribution in [1.82, 2.24) is 4.90 Å². The van der Waals surface area contributed by atoms with Crippen LogP contribution >= 0.6 is 11.8 Å². The van der Waals surface area contributed by atoms with Gasteiger partial charge in [0.2, 0.25) is 0 Å². The van der Waals surface area contributed by atoms with Gasteiger partial charge in [0.25, 0.3) is 5.91 Å². The lowest BCUT2D eigenvalue weighted by atomic mass is 10.1. The third kappa shape index (κ3) is 2.60. The number of aryl methyl sites for hydroxylation is 1. The van der Waals surface area contributed by atoms with E-state index in [1.165, 1.54) is 0 Å². The minimum Gasteiger partial charge on any atom is -0.480 e. The Hall–Kier alpha value is -1.69. The molecule has 1 aliphatic heterocycles. The van der Waals surface area contributed by atoms with E-state index in [9.17, 15) is 14.7 Å². The van der Waals surface area contributed by atoms with Crippen LogP contribution < -0.4 is 5.73 Å². The van der Waals surface area contributed by atoms with E-state index in [1.807, 2.05) is 6.92 Å². The summed E-state index contributed by atoms with van der Waals surface area (Å²) in [5, 5.41) is 9.37. The van der Waals surface area contributed by atoms with Gasteiger partial charge in [-0.05, 0) is 49.4 Å². The lowest BCUT2D eigenvalue weighted by Gasteiger charge is -2.27. The Balaban J connectivity index is 1.91. The number of rotatable bonds is 3. The van der Waals surface area contributed by atoms with E-state index in [4.69, 9.17) is 5.73 Å². The molecule has 3 rings (SSSR count). The molecule has 1 heterocycles. The van der Waals surface area contributed by atoms with Gasteiger partial charge in [0.1, 0.15) is 6.04 Å². The molecule has 1 aromatic rings. The van der Waals surface area contributed by atoms with Crippen LogP contribution in [0.15, 0.2) is 18.2 Å². The summed E-state index contributed by atoms with van der Waals surface area (Å²) in [4.78, 5) is 25.8. The zero-order valence-corrected chi connectivity index (χ0v) is 12.6. The number of carboxylic acid groups (broad SMARTS) is 1. The molecule has 1 amide bonds. The van der Waals surface area contributed by atoms with Crippen LogP contribution in [0, 0.1) is 12.8 Å². The summed E-state index contributed by atoms with van der Waals surface area (Å²) < 4.78 is 0. The van der Waals surface area contributed by atoms with Crippen LogP contribution in [0.4, 0.5) is 5.69 Å². The number of nitrogen functional groups attached to an aromatic ring is 1. The quantitative estimate of drug-likeness (QED) is 0.834. The zero-order chi connectivity index (χ0) is 15.1. The van der Waals surface area contributed by atoms with Gasteiger partial charge in [-0.1, -0.05) is 0 Å². The number of nitrogens with two attached hydrogens (primary N) is 1. The van der Waals surface area contributed by atoms with E-state index in [2.05, 4.69) is 0 Å². The van der Waals surface area contributed by atoms with Crippen molar-refractivity contribution in [3.05, 3.63) is 29.3 Å². The second-order valence-electron chi connectivity index (χ2n) is 5.70. The molecular weight excluding hydrogens is 288 g/mol. The van der Waals surface area contributed by atoms with Crippen LogP contribution in [0.25, 0.3) is 0 Å². The number of amides is 1. The maximum Gasteiger partial charge on any atom is 0.327 e. The summed E-state index contributed by atoms with van der Waals surface area (Å²) >= 11 is 1.59. The van der Waals surface area contributed by atoms with Crippen molar-refractivity contribution in [2.45, 2.75) is 31.2 Å². The zero-order valence-electron chi connectivity index (χ0n) is 11.8. The molecule has 1 saturated carbocycles. The highest BCUT2D eigenvalue weighted by atomic mass is 32.2. The van der Waals surface area contributed by atoms with Crippen LogP contribution in [-0.4, -0.2) is 39.1 Å². The molecule has 2 fully saturated rings. The summed E-state index contributed by atoms with van der Waals surface area (Å²) in [5.41, 5.74) is 7.77. The molecule has 0 aromatic heterocycles. The van der Waals surface area contributed by atoms with Crippen molar-refractivity contribution in [2.75, 3.05) is 11.5 Å². The number of benzene rings is 1. The van der Waals surface area contributed by atoms with Gasteiger partial charge in [0.15, 0.2) is 0 Å². The Bertz CT molecular complexity index is 601. The molecular formula is C15H18N2O3S. The second kappa shape index (κ2) is 5.26. The van der Waals surface area contributed by atoms with E-state index in [1.54, 1.807) is 34.9 Å². The number of hydrogen-bond donors (Lipinski definition) is 2. The van der Waals surface area contributed by atoms with Crippen LogP contribution in [-0.2, 0) is 4.79 Å². The monoisotopic (exact) mass is 306 g/mol. The molecule has 3 N–H and O–H groups in total. The predicted molar refractivity (Wildman–Crippen MR) is 82.2 cm³/mol. The molecule has 2 aliphatic rings. The lowest BCUT2D eigenvalue weighted by molar-refractivity contribution is -0.141. The average Bonchev–Trinajstić information content (AvgIpc) is 3.19. The highest BCUT2D eigenvalue weighted by Crippen LogP contribution is 2.45. The minimum absolute atomic E-state index is 0.00328. The van der Waals surface area contributed by atoms with Gasteiger partial charge in [-0.15, -0.1) is 11.8 Å². The SMILES string of the molecule is Cc1cc(C(=O)N2C(C(=O)O)CSC2C2CC2)ccc1N. The fraction of sp³-hybridized carbons (Fsp3) is 0.467. The highest BCUT2D eigenvalue weighted by Gasteiger charge is 2.48. The third-order valence-electron chi connectivity index (χ3n) is 4.10. The summed E-state index contributed by atoms with van der Waals surface area (Å²) in [5.74, 6) is -0.215. The van der Waals surface area contributed by atoms with Gasteiger partial charge in [-0.2, -0.15) is 0 Å². The summed E-state index contributed by atoms with van der Waals surface area (Å²) in [6.07, 6.45) is 2.16. The Morgan fingerprint density at radius 2 is 2.10 bits per heavy atom. The number of carbonyl (C=O) groups excluding carboxylic acids is 1. The van der Waals surface area contributed by atoms with Crippen molar-refractivity contribution < 1.29 is 14.7 Å². The predicted octanol–water partition coefficient (Wildman–Crippen LogP) is 1.96. The first-order valence-electron chi connectivity index (χ1n) is 7.02. The standard InChI is InChI=1S/C15H18N2O3S/c1-8-6-10(4-5-11(8)16)13(18)17-12(15(19)20)7-21-14(17)9-2-3-9/h4-6,9,12,14H,2-3,7,16H2,1H3,(H,19,20).